The molecule has 14 heteroatoms. The molecule has 40 heavy (non-hydrogen) atoms. The highest BCUT2D eigenvalue weighted by Crippen LogP contribution is 2.32. The zero-order valence-electron chi connectivity index (χ0n) is 22.4. The van der Waals surface area contributed by atoms with Gasteiger partial charge in [-0.2, -0.15) is 0 Å². The van der Waals surface area contributed by atoms with E-state index in [0.29, 0.717) is 19.6 Å². The number of halogens is 2. The molecule has 3 fully saturated rings. The first kappa shape index (κ1) is 30.3. The molecule has 2 N–H and O–H groups in total. The van der Waals surface area contributed by atoms with E-state index < -0.39 is 69.7 Å². The number of urea groups is 1. The molecule has 0 radical (unpaired) electrons. The largest absolute Gasteiger partial charge is 0.598 e. The predicted molar refractivity (Wildman–Crippen MR) is 138 cm³/mol. The van der Waals surface area contributed by atoms with Crippen LogP contribution in [0.2, 0.25) is 0 Å². The third-order valence-electron chi connectivity index (χ3n) is 6.88. The first-order chi connectivity index (χ1) is 18.9. The molecule has 3 aliphatic rings. The number of imide groups is 2. The Bertz CT molecular complexity index is 1140. The number of barbiturate groups is 1. The van der Waals surface area contributed by atoms with Crippen LogP contribution in [-0.2, 0) is 35.2 Å². The molecule has 3 saturated heterocycles. The summed E-state index contributed by atoms with van der Waals surface area (Å²) in [4.78, 5) is 52.6. The van der Waals surface area contributed by atoms with Crippen LogP contribution in [0, 0.1) is 11.7 Å². The normalized spacial score (nSPS) is 24.9. The van der Waals surface area contributed by atoms with E-state index in [4.69, 9.17) is 14.2 Å². The van der Waals surface area contributed by atoms with Crippen molar-refractivity contribution in [1.82, 2.24) is 14.9 Å². The van der Waals surface area contributed by atoms with E-state index in [1.807, 2.05) is 5.32 Å². The molecule has 5 atom stereocenters. The fourth-order valence-electron chi connectivity index (χ4n) is 4.66. The van der Waals surface area contributed by atoms with Crippen LogP contribution in [0.1, 0.15) is 51.6 Å². The average molecular weight is 586 g/mol. The Morgan fingerprint density at radius 3 is 2.48 bits per heavy atom. The standard InChI is InChI=1S/C26H33F2N3O8S/c1-26(2,3)40(36)30-21(17-12-15(4-5-18(17)27)39-16-8-11-38-13-16)20(28)22(32)19-23(33)29-25(35)31(24(19)34)14-6-9-37-10-7-14/h4-5,12,14,16,19-21,30H,6-11,13H2,1-3H3,(H,29,33,35)/t16-,19?,20?,21?,40?/m1/s1. The Hall–Kier alpha value is -2.65. The van der Waals surface area contributed by atoms with Crippen molar-refractivity contribution in [2.75, 3.05) is 26.4 Å². The SMILES string of the molecule is CC(C)(C)[S+]([O-])NC(c1cc(O[C@@H]2CCOC2)ccc1F)C(F)C(=O)C1C(=O)NC(=O)N(C2CCOCC2)C1=O. The van der Waals surface area contributed by atoms with Gasteiger partial charge in [0, 0.05) is 42.6 Å². The minimum atomic E-state index is -2.70. The van der Waals surface area contributed by atoms with Gasteiger partial charge in [-0.25, -0.2) is 13.6 Å². The maximum atomic E-state index is 16.2. The minimum absolute atomic E-state index is 0.169. The number of carbonyl (C=O) groups is 4. The molecule has 11 nitrogen and oxygen atoms in total. The van der Waals surface area contributed by atoms with Gasteiger partial charge in [0.15, 0.2) is 17.9 Å². The van der Waals surface area contributed by atoms with Gasteiger partial charge in [-0.1, -0.05) is 0 Å². The van der Waals surface area contributed by atoms with Crippen LogP contribution in [0.15, 0.2) is 18.2 Å². The van der Waals surface area contributed by atoms with Crippen molar-refractivity contribution in [3.8, 4) is 5.75 Å². The number of benzene rings is 1. The molecule has 0 aliphatic carbocycles. The molecule has 1 aromatic rings. The summed E-state index contributed by atoms with van der Waals surface area (Å²) in [5, 5.41) is 1.96. The first-order valence-electron chi connectivity index (χ1n) is 13.0. The molecule has 0 bridgehead atoms. The number of rotatable bonds is 9. The molecule has 3 aliphatic heterocycles. The quantitative estimate of drug-likeness (QED) is 0.328. The Morgan fingerprint density at radius 1 is 1.18 bits per heavy atom. The zero-order chi connectivity index (χ0) is 29.2. The van der Waals surface area contributed by atoms with Crippen LogP contribution >= 0.6 is 0 Å². The van der Waals surface area contributed by atoms with Gasteiger partial charge < -0.3 is 18.8 Å². The monoisotopic (exact) mass is 585 g/mol. The number of carbonyl (C=O) groups excluding carboxylic acids is 4. The van der Waals surface area contributed by atoms with E-state index >= 15 is 8.78 Å². The Balaban J connectivity index is 1.65. The molecule has 3 heterocycles. The number of Topliss-reactive ketones (excluding diaryl/α,β-unsaturated/α-hetero) is 1. The van der Waals surface area contributed by atoms with Crippen LogP contribution in [-0.4, -0.2) is 82.6 Å². The van der Waals surface area contributed by atoms with Crippen LogP contribution in [0.3, 0.4) is 0 Å². The van der Waals surface area contributed by atoms with E-state index in [9.17, 15) is 23.7 Å². The van der Waals surface area contributed by atoms with Crippen molar-refractivity contribution in [3.63, 3.8) is 0 Å². The Morgan fingerprint density at radius 2 is 1.85 bits per heavy atom. The van der Waals surface area contributed by atoms with E-state index in [2.05, 4.69) is 4.72 Å². The summed E-state index contributed by atoms with van der Waals surface area (Å²) < 4.78 is 62.2. The number of ketones is 1. The molecule has 220 valence electrons. The number of alkyl halides is 1. The van der Waals surface area contributed by atoms with E-state index in [-0.39, 0.29) is 43.5 Å². The fraction of sp³-hybridized carbons (Fsp3) is 0.615. The van der Waals surface area contributed by atoms with Crippen LogP contribution < -0.4 is 14.8 Å². The van der Waals surface area contributed by atoms with Crippen molar-refractivity contribution in [2.45, 2.75) is 69.1 Å². The summed E-state index contributed by atoms with van der Waals surface area (Å²) in [5.74, 6) is -6.88. The molecule has 4 rings (SSSR count). The van der Waals surface area contributed by atoms with Gasteiger partial charge in [0.2, 0.25) is 5.91 Å². The number of hydrogen-bond acceptors (Lipinski definition) is 9. The van der Waals surface area contributed by atoms with Gasteiger partial charge in [0.1, 0.15) is 28.5 Å². The summed E-state index contributed by atoms with van der Waals surface area (Å²) in [6.45, 7) is 6.09. The van der Waals surface area contributed by atoms with Crippen molar-refractivity contribution in [2.24, 2.45) is 5.92 Å². The van der Waals surface area contributed by atoms with E-state index in [0.717, 1.165) is 11.0 Å². The number of hydrogen-bond donors (Lipinski definition) is 2. The maximum Gasteiger partial charge on any atom is 0.331 e. The Labute approximate surface area is 233 Å². The van der Waals surface area contributed by atoms with Gasteiger partial charge in [-0.15, -0.1) is 4.72 Å². The van der Waals surface area contributed by atoms with E-state index in [1.54, 1.807) is 20.8 Å². The maximum absolute atomic E-state index is 16.2. The molecule has 1 aromatic carbocycles. The van der Waals surface area contributed by atoms with Crippen LogP contribution in [0.5, 0.6) is 5.75 Å². The van der Waals surface area contributed by atoms with Gasteiger partial charge in [0.05, 0.1) is 13.2 Å². The third-order valence-corrected chi connectivity index (χ3v) is 8.46. The lowest BCUT2D eigenvalue weighted by Crippen LogP contribution is -2.64. The van der Waals surface area contributed by atoms with Gasteiger partial charge in [0.25, 0.3) is 5.91 Å². The molecule has 4 amide bonds. The molecular weight excluding hydrogens is 552 g/mol. The average Bonchev–Trinajstić information content (AvgIpc) is 3.41. The molecule has 0 spiro atoms. The molecule has 4 unspecified atom stereocenters. The number of amides is 4. The molecule has 0 saturated carbocycles. The first-order valence-corrected chi connectivity index (χ1v) is 14.2. The topological polar surface area (TPSA) is 146 Å². The summed E-state index contributed by atoms with van der Waals surface area (Å²) >= 11 is -2.00. The Kier molecular flexibility index (Phi) is 9.45. The highest BCUT2D eigenvalue weighted by molar-refractivity contribution is 7.90. The smallest absolute Gasteiger partial charge is 0.331 e. The van der Waals surface area contributed by atoms with Crippen molar-refractivity contribution < 1.29 is 46.7 Å². The summed E-state index contributed by atoms with van der Waals surface area (Å²) in [5.41, 5.74) is -0.379. The second-order valence-corrected chi connectivity index (χ2v) is 12.8. The van der Waals surface area contributed by atoms with Gasteiger partial charge >= 0.3 is 6.03 Å². The third kappa shape index (κ3) is 6.62. The fourth-order valence-corrected chi connectivity index (χ4v) is 5.49. The van der Waals surface area contributed by atoms with Crippen LogP contribution in [0.4, 0.5) is 13.6 Å². The predicted octanol–water partition coefficient (Wildman–Crippen LogP) is 1.87. The number of ether oxygens (including phenoxy) is 3. The summed E-state index contributed by atoms with van der Waals surface area (Å²) in [7, 11) is 0. The van der Waals surface area contributed by atoms with Gasteiger partial charge in [-0.3, -0.25) is 24.6 Å². The van der Waals surface area contributed by atoms with Crippen molar-refractivity contribution in [1.29, 1.82) is 0 Å². The molecular formula is C26H33F2N3O8S. The summed E-state index contributed by atoms with van der Waals surface area (Å²) in [6, 6.07) is 0.0415. The molecule has 0 aromatic heterocycles. The second kappa shape index (κ2) is 12.5. The van der Waals surface area contributed by atoms with Crippen LogP contribution in [0.25, 0.3) is 0 Å². The highest BCUT2D eigenvalue weighted by Gasteiger charge is 2.51. The lowest BCUT2D eigenvalue weighted by Gasteiger charge is -2.37. The number of nitrogens with zero attached hydrogens (tertiary/aromatic N) is 1. The summed E-state index contributed by atoms with van der Waals surface area (Å²) in [6.07, 6.45) is -1.85. The minimum Gasteiger partial charge on any atom is -0.598 e. The second-order valence-electron chi connectivity index (χ2n) is 10.8. The highest BCUT2D eigenvalue weighted by atomic mass is 32.2. The van der Waals surface area contributed by atoms with Gasteiger partial charge in [-0.05, 0) is 51.8 Å². The van der Waals surface area contributed by atoms with E-state index in [1.165, 1.54) is 12.1 Å². The van der Waals surface area contributed by atoms with Crippen molar-refractivity contribution in [3.05, 3.63) is 29.6 Å². The lowest BCUT2D eigenvalue weighted by molar-refractivity contribution is -0.151. The number of nitrogens with one attached hydrogen (secondary N) is 2. The van der Waals surface area contributed by atoms with Crippen molar-refractivity contribution >= 4 is 35.0 Å². The lowest BCUT2D eigenvalue weighted by atomic mass is 9.89. The zero-order valence-corrected chi connectivity index (χ0v) is 23.3.